The summed E-state index contributed by atoms with van der Waals surface area (Å²) in [6.07, 6.45) is 1.11. The third-order valence-electron chi connectivity index (χ3n) is 2.47. The van der Waals surface area contributed by atoms with Gasteiger partial charge in [0.1, 0.15) is 5.75 Å². The number of methoxy groups -OCH3 is 1. The summed E-state index contributed by atoms with van der Waals surface area (Å²) in [7, 11) is 1.60. The van der Waals surface area contributed by atoms with Crippen molar-refractivity contribution in [2.75, 3.05) is 18.3 Å². The largest absolute Gasteiger partial charge is 0.495 e. The van der Waals surface area contributed by atoms with E-state index in [1.54, 1.807) is 7.11 Å². The van der Waals surface area contributed by atoms with Crippen molar-refractivity contribution in [3.8, 4) is 5.75 Å². The van der Waals surface area contributed by atoms with Crippen LogP contribution in [-0.2, 0) is 4.79 Å². The number of aryl methyl sites for hydroxylation is 2. The van der Waals surface area contributed by atoms with Gasteiger partial charge in [-0.3, -0.25) is 4.79 Å². The smallest absolute Gasteiger partial charge is 0.224 e. The monoisotopic (exact) mass is 255 g/mol. The average molecular weight is 256 g/mol. The minimum absolute atomic E-state index is 0.0316. The number of carbonyl (C=O) groups excluding carboxylic acids is 1. The fourth-order valence-corrected chi connectivity index (χ4v) is 1.81. The van der Waals surface area contributed by atoms with Gasteiger partial charge >= 0.3 is 0 Å². The number of halogens is 1. The van der Waals surface area contributed by atoms with Gasteiger partial charge in [-0.1, -0.05) is 6.07 Å². The van der Waals surface area contributed by atoms with Crippen molar-refractivity contribution in [1.82, 2.24) is 0 Å². The molecule has 1 rings (SSSR count). The van der Waals surface area contributed by atoms with Crippen LogP contribution in [0.1, 0.15) is 24.0 Å². The Bertz CT molecular complexity index is 405. The molecule has 0 saturated carbocycles. The number of hydrogen-bond donors (Lipinski definition) is 1. The van der Waals surface area contributed by atoms with Crippen LogP contribution < -0.4 is 10.1 Å². The molecule has 0 spiro atoms. The van der Waals surface area contributed by atoms with E-state index in [-0.39, 0.29) is 5.91 Å². The summed E-state index contributed by atoms with van der Waals surface area (Å²) >= 11 is 5.55. The molecule has 0 heterocycles. The van der Waals surface area contributed by atoms with Gasteiger partial charge in [-0.25, -0.2) is 0 Å². The van der Waals surface area contributed by atoms with E-state index in [2.05, 4.69) is 5.32 Å². The average Bonchev–Trinajstić information content (AvgIpc) is 2.29. The number of benzene rings is 1. The first kappa shape index (κ1) is 13.8. The molecule has 0 aliphatic carbocycles. The minimum Gasteiger partial charge on any atom is -0.495 e. The predicted molar refractivity (Wildman–Crippen MR) is 71.1 cm³/mol. The van der Waals surface area contributed by atoms with Gasteiger partial charge in [0, 0.05) is 12.3 Å². The SMILES string of the molecule is COc1cc(C)cc(C)c1NC(=O)CCCCl. The maximum absolute atomic E-state index is 11.7. The molecule has 0 atom stereocenters. The van der Waals surface area contributed by atoms with E-state index < -0.39 is 0 Å². The molecule has 0 saturated heterocycles. The quantitative estimate of drug-likeness (QED) is 0.820. The van der Waals surface area contributed by atoms with E-state index in [1.165, 1.54) is 0 Å². The van der Waals surface area contributed by atoms with Gasteiger partial charge in [0.2, 0.25) is 5.91 Å². The highest BCUT2D eigenvalue weighted by molar-refractivity contribution is 6.18. The van der Waals surface area contributed by atoms with E-state index in [9.17, 15) is 4.79 Å². The Labute approximate surface area is 107 Å². The number of ether oxygens (including phenoxy) is 1. The minimum atomic E-state index is -0.0316. The maximum Gasteiger partial charge on any atom is 0.224 e. The van der Waals surface area contributed by atoms with Crippen LogP contribution in [0.25, 0.3) is 0 Å². The van der Waals surface area contributed by atoms with E-state index in [1.807, 2.05) is 26.0 Å². The van der Waals surface area contributed by atoms with Gasteiger partial charge < -0.3 is 10.1 Å². The molecular formula is C13H18ClNO2. The van der Waals surface area contributed by atoms with Crippen LogP contribution in [-0.4, -0.2) is 18.9 Å². The summed E-state index contributed by atoms with van der Waals surface area (Å²) in [4.78, 5) is 11.7. The highest BCUT2D eigenvalue weighted by Gasteiger charge is 2.10. The summed E-state index contributed by atoms with van der Waals surface area (Å²) in [5.41, 5.74) is 2.86. The molecular weight excluding hydrogens is 238 g/mol. The Morgan fingerprint density at radius 1 is 1.41 bits per heavy atom. The molecule has 0 aliphatic rings. The molecule has 0 aliphatic heterocycles. The summed E-state index contributed by atoms with van der Waals surface area (Å²) in [5.74, 6) is 1.16. The summed E-state index contributed by atoms with van der Waals surface area (Å²) in [6, 6.07) is 3.92. The lowest BCUT2D eigenvalue weighted by Crippen LogP contribution is -2.13. The molecule has 94 valence electrons. The fourth-order valence-electron chi connectivity index (χ4n) is 1.68. The number of carbonyl (C=O) groups is 1. The molecule has 17 heavy (non-hydrogen) atoms. The standard InChI is InChI=1S/C13H18ClNO2/c1-9-7-10(2)13(11(8-9)17-3)15-12(16)5-4-6-14/h7-8H,4-6H2,1-3H3,(H,15,16). The predicted octanol–water partition coefficient (Wildman–Crippen LogP) is 3.27. The van der Waals surface area contributed by atoms with Crippen LogP contribution >= 0.6 is 11.6 Å². The van der Waals surface area contributed by atoms with Gasteiger partial charge in [0.25, 0.3) is 0 Å². The number of hydrogen-bond acceptors (Lipinski definition) is 2. The number of amides is 1. The third kappa shape index (κ3) is 3.93. The van der Waals surface area contributed by atoms with Crippen molar-refractivity contribution in [1.29, 1.82) is 0 Å². The Morgan fingerprint density at radius 2 is 2.12 bits per heavy atom. The highest BCUT2D eigenvalue weighted by Crippen LogP contribution is 2.29. The zero-order chi connectivity index (χ0) is 12.8. The Hall–Kier alpha value is -1.22. The molecule has 0 aromatic heterocycles. The van der Waals surface area contributed by atoms with E-state index in [0.29, 0.717) is 24.5 Å². The number of rotatable bonds is 5. The summed E-state index contributed by atoms with van der Waals surface area (Å²) < 4.78 is 5.27. The number of anilines is 1. The molecule has 0 fully saturated rings. The van der Waals surface area contributed by atoms with Crippen molar-refractivity contribution in [3.63, 3.8) is 0 Å². The first-order chi connectivity index (χ1) is 8.08. The van der Waals surface area contributed by atoms with Gasteiger partial charge in [0.05, 0.1) is 12.8 Å². The summed E-state index contributed by atoms with van der Waals surface area (Å²) in [6.45, 7) is 3.95. The van der Waals surface area contributed by atoms with Gasteiger partial charge in [-0.2, -0.15) is 0 Å². The van der Waals surface area contributed by atoms with E-state index in [4.69, 9.17) is 16.3 Å². The lowest BCUT2D eigenvalue weighted by Gasteiger charge is -2.14. The van der Waals surface area contributed by atoms with E-state index in [0.717, 1.165) is 16.8 Å². The van der Waals surface area contributed by atoms with Crippen molar-refractivity contribution in [3.05, 3.63) is 23.3 Å². The first-order valence-corrected chi connectivity index (χ1v) is 6.13. The van der Waals surface area contributed by atoms with Crippen molar-refractivity contribution in [2.45, 2.75) is 26.7 Å². The molecule has 1 aromatic rings. The highest BCUT2D eigenvalue weighted by atomic mass is 35.5. The lowest BCUT2D eigenvalue weighted by molar-refractivity contribution is -0.116. The van der Waals surface area contributed by atoms with Crippen LogP contribution in [0.2, 0.25) is 0 Å². The normalized spacial score (nSPS) is 10.1. The first-order valence-electron chi connectivity index (χ1n) is 5.59. The zero-order valence-electron chi connectivity index (χ0n) is 10.5. The topological polar surface area (TPSA) is 38.3 Å². The molecule has 0 bridgehead atoms. The van der Waals surface area contributed by atoms with Crippen LogP contribution in [0.4, 0.5) is 5.69 Å². The van der Waals surface area contributed by atoms with Crippen molar-refractivity contribution < 1.29 is 9.53 Å². The van der Waals surface area contributed by atoms with Crippen molar-refractivity contribution in [2.24, 2.45) is 0 Å². The Balaban J connectivity index is 2.86. The van der Waals surface area contributed by atoms with Gasteiger partial charge in [-0.15, -0.1) is 11.6 Å². The zero-order valence-corrected chi connectivity index (χ0v) is 11.2. The summed E-state index contributed by atoms with van der Waals surface area (Å²) in [5, 5.41) is 2.87. The Morgan fingerprint density at radius 3 is 2.71 bits per heavy atom. The molecule has 1 aromatic carbocycles. The number of nitrogens with one attached hydrogen (secondary N) is 1. The van der Waals surface area contributed by atoms with Gasteiger partial charge in [-0.05, 0) is 37.5 Å². The molecule has 1 N–H and O–H groups in total. The van der Waals surface area contributed by atoms with Crippen LogP contribution in [0.15, 0.2) is 12.1 Å². The lowest BCUT2D eigenvalue weighted by atomic mass is 10.1. The molecule has 0 unspecified atom stereocenters. The number of alkyl halides is 1. The van der Waals surface area contributed by atoms with Crippen LogP contribution in [0.5, 0.6) is 5.75 Å². The second kappa shape index (κ2) is 6.50. The molecule has 0 radical (unpaired) electrons. The molecule has 3 nitrogen and oxygen atoms in total. The Kier molecular flexibility index (Phi) is 5.29. The molecule has 4 heteroatoms. The van der Waals surface area contributed by atoms with Crippen LogP contribution in [0, 0.1) is 13.8 Å². The van der Waals surface area contributed by atoms with E-state index >= 15 is 0 Å². The van der Waals surface area contributed by atoms with Crippen LogP contribution in [0.3, 0.4) is 0 Å². The third-order valence-corrected chi connectivity index (χ3v) is 2.73. The molecule has 1 amide bonds. The van der Waals surface area contributed by atoms with Crippen molar-refractivity contribution >= 4 is 23.2 Å². The second-order valence-corrected chi connectivity index (χ2v) is 4.38. The second-order valence-electron chi connectivity index (χ2n) is 4.00. The van der Waals surface area contributed by atoms with Gasteiger partial charge in [0.15, 0.2) is 0 Å². The fraction of sp³-hybridized carbons (Fsp3) is 0.462. The maximum atomic E-state index is 11.7.